The Labute approximate surface area is 188 Å². The summed E-state index contributed by atoms with van der Waals surface area (Å²) in [6.45, 7) is 0.926. The number of benzene rings is 1. The molecule has 1 aliphatic carbocycles. The van der Waals surface area contributed by atoms with E-state index < -0.39 is 0 Å². The van der Waals surface area contributed by atoms with Crippen LogP contribution in [0.3, 0.4) is 0 Å². The predicted octanol–water partition coefficient (Wildman–Crippen LogP) is 3.92. The Morgan fingerprint density at radius 3 is 2.69 bits per heavy atom. The molecule has 0 spiro atoms. The molecule has 9 nitrogen and oxygen atoms in total. The zero-order valence-corrected chi connectivity index (χ0v) is 18.1. The first kappa shape index (κ1) is 20.7. The SMILES string of the molecule is O=Cc1cc(Nc2nc3ccc(N4CCOC4=O)cc3s2)nc(N[C@H]2CC[C@H](O)CC2)c1. The van der Waals surface area contributed by atoms with Crippen molar-refractivity contribution in [2.75, 3.05) is 28.7 Å². The van der Waals surface area contributed by atoms with Gasteiger partial charge < -0.3 is 20.5 Å². The van der Waals surface area contributed by atoms with Gasteiger partial charge in [-0.1, -0.05) is 11.3 Å². The number of pyridine rings is 1. The van der Waals surface area contributed by atoms with Crippen molar-refractivity contribution in [1.82, 2.24) is 9.97 Å². The number of carbonyl (C=O) groups excluding carboxylic acids is 2. The minimum atomic E-state index is -0.338. The number of aldehydes is 1. The average molecular weight is 454 g/mol. The van der Waals surface area contributed by atoms with E-state index in [-0.39, 0.29) is 18.2 Å². The Kier molecular flexibility index (Phi) is 5.62. The van der Waals surface area contributed by atoms with Crippen molar-refractivity contribution in [1.29, 1.82) is 0 Å². The zero-order valence-electron chi connectivity index (χ0n) is 17.3. The maximum absolute atomic E-state index is 11.8. The summed E-state index contributed by atoms with van der Waals surface area (Å²) < 4.78 is 5.94. The largest absolute Gasteiger partial charge is 0.447 e. The first-order valence-corrected chi connectivity index (χ1v) is 11.4. The van der Waals surface area contributed by atoms with Gasteiger partial charge in [0.25, 0.3) is 0 Å². The Hall–Kier alpha value is -3.24. The first-order valence-electron chi connectivity index (χ1n) is 10.6. The van der Waals surface area contributed by atoms with Crippen molar-refractivity contribution in [3.05, 3.63) is 35.9 Å². The van der Waals surface area contributed by atoms with Gasteiger partial charge in [-0.05, 0) is 56.0 Å². The van der Waals surface area contributed by atoms with Crippen molar-refractivity contribution in [3.63, 3.8) is 0 Å². The predicted molar refractivity (Wildman–Crippen MR) is 123 cm³/mol. The molecular weight excluding hydrogens is 430 g/mol. The van der Waals surface area contributed by atoms with Crippen LogP contribution in [0.5, 0.6) is 0 Å². The summed E-state index contributed by atoms with van der Waals surface area (Å²) in [6.07, 6.45) is 3.48. The van der Waals surface area contributed by atoms with Gasteiger partial charge in [0.15, 0.2) is 5.13 Å². The van der Waals surface area contributed by atoms with Crippen LogP contribution in [0, 0.1) is 0 Å². The Morgan fingerprint density at radius 2 is 1.94 bits per heavy atom. The molecule has 0 atom stereocenters. The summed E-state index contributed by atoms with van der Waals surface area (Å²) in [4.78, 5) is 34.1. The molecule has 0 bridgehead atoms. The molecule has 0 unspecified atom stereocenters. The fourth-order valence-corrected chi connectivity index (χ4v) is 4.97. The highest BCUT2D eigenvalue weighted by molar-refractivity contribution is 7.22. The third-order valence-corrected chi connectivity index (χ3v) is 6.65. The Bertz CT molecular complexity index is 1160. The van der Waals surface area contributed by atoms with Gasteiger partial charge in [0, 0.05) is 17.3 Å². The molecule has 3 aromatic rings. The van der Waals surface area contributed by atoms with Crippen LogP contribution in [0.2, 0.25) is 0 Å². The number of aliphatic hydroxyl groups excluding tert-OH is 1. The topological polar surface area (TPSA) is 117 Å². The molecule has 1 saturated carbocycles. The fourth-order valence-electron chi connectivity index (χ4n) is 4.06. The minimum absolute atomic E-state index is 0.221. The number of ether oxygens (including phenoxy) is 1. The van der Waals surface area contributed by atoms with Gasteiger partial charge >= 0.3 is 6.09 Å². The first-order chi connectivity index (χ1) is 15.6. The van der Waals surface area contributed by atoms with Gasteiger partial charge in [0.05, 0.1) is 22.9 Å². The average Bonchev–Trinajstić information content (AvgIpc) is 3.39. The molecule has 32 heavy (non-hydrogen) atoms. The van der Waals surface area contributed by atoms with Crippen molar-refractivity contribution in [3.8, 4) is 0 Å². The second-order valence-electron chi connectivity index (χ2n) is 8.00. The van der Waals surface area contributed by atoms with Crippen molar-refractivity contribution >= 4 is 56.4 Å². The summed E-state index contributed by atoms with van der Waals surface area (Å²) in [5.41, 5.74) is 2.09. The number of aliphatic hydroxyl groups is 1. The summed E-state index contributed by atoms with van der Waals surface area (Å²) in [6, 6.07) is 9.28. The number of aromatic nitrogens is 2. The van der Waals surface area contributed by atoms with Crippen LogP contribution in [0.4, 0.5) is 27.2 Å². The molecule has 1 saturated heterocycles. The molecule has 1 aromatic carbocycles. The number of anilines is 4. The van der Waals surface area contributed by atoms with Gasteiger partial charge in [-0.2, -0.15) is 0 Å². The van der Waals surface area contributed by atoms with E-state index in [0.717, 1.165) is 47.9 Å². The molecule has 3 heterocycles. The van der Waals surface area contributed by atoms with E-state index in [0.29, 0.717) is 35.5 Å². The highest BCUT2D eigenvalue weighted by Gasteiger charge is 2.24. The lowest BCUT2D eigenvalue weighted by atomic mass is 9.93. The van der Waals surface area contributed by atoms with Crippen LogP contribution >= 0.6 is 11.3 Å². The number of fused-ring (bicyclic) bond motifs is 1. The summed E-state index contributed by atoms with van der Waals surface area (Å²) in [7, 11) is 0. The van der Waals surface area contributed by atoms with Gasteiger partial charge in [-0.25, -0.2) is 14.8 Å². The number of nitrogens with one attached hydrogen (secondary N) is 2. The van der Waals surface area contributed by atoms with Crippen LogP contribution in [0.15, 0.2) is 30.3 Å². The third kappa shape index (κ3) is 4.37. The minimum Gasteiger partial charge on any atom is -0.447 e. The van der Waals surface area contributed by atoms with Crippen LogP contribution in [0.25, 0.3) is 10.2 Å². The van der Waals surface area contributed by atoms with Gasteiger partial charge in [0.1, 0.15) is 24.5 Å². The molecule has 5 rings (SSSR count). The number of nitrogens with zero attached hydrogens (tertiary/aromatic N) is 3. The molecular formula is C22H23N5O4S. The monoisotopic (exact) mass is 453 g/mol. The van der Waals surface area contributed by atoms with E-state index in [1.165, 1.54) is 11.3 Å². The van der Waals surface area contributed by atoms with E-state index in [1.54, 1.807) is 17.0 Å². The van der Waals surface area contributed by atoms with Crippen molar-refractivity contribution in [2.24, 2.45) is 0 Å². The molecule has 2 aliphatic rings. The van der Waals surface area contributed by atoms with Gasteiger partial charge in [0.2, 0.25) is 0 Å². The summed E-state index contributed by atoms with van der Waals surface area (Å²) >= 11 is 1.44. The number of hydrogen-bond acceptors (Lipinski definition) is 9. The summed E-state index contributed by atoms with van der Waals surface area (Å²) in [5, 5.41) is 16.9. The van der Waals surface area contributed by atoms with Gasteiger partial charge in [-0.15, -0.1) is 0 Å². The number of thiazole rings is 1. The van der Waals surface area contributed by atoms with Crippen molar-refractivity contribution in [2.45, 2.75) is 37.8 Å². The van der Waals surface area contributed by atoms with E-state index >= 15 is 0 Å². The molecule has 1 amide bonds. The molecule has 2 aromatic heterocycles. The molecule has 10 heteroatoms. The maximum Gasteiger partial charge on any atom is 0.414 e. The normalized spacial score (nSPS) is 20.9. The highest BCUT2D eigenvalue weighted by atomic mass is 32.1. The van der Waals surface area contributed by atoms with Crippen molar-refractivity contribution < 1.29 is 19.4 Å². The van der Waals surface area contributed by atoms with E-state index in [4.69, 9.17) is 4.74 Å². The quantitative estimate of drug-likeness (QED) is 0.481. The lowest BCUT2D eigenvalue weighted by Crippen LogP contribution is -2.28. The fraction of sp³-hybridized carbons (Fsp3) is 0.364. The lowest BCUT2D eigenvalue weighted by molar-refractivity contribution is 0.112. The highest BCUT2D eigenvalue weighted by Crippen LogP contribution is 2.32. The maximum atomic E-state index is 11.8. The molecule has 0 radical (unpaired) electrons. The van der Waals surface area contributed by atoms with E-state index in [2.05, 4.69) is 20.6 Å². The number of rotatable bonds is 6. The Balaban J connectivity index is 1.35. The Morgan fingerprint density at radius 1 is 1.12 bits per heavy atom. The standard InChI is InChI=1S/C22H23N5O4S/c28-12-13-9-19(23-14-1-4-16(29)5-2-14)25-20(10-13)26-21-24-17-6-3-15(11-18(17)32-21)27-7-8-31-22(27)30/h3,6,9-12,14,16,29H,1-2,4-5,7-8H2,(H2,23,24,25,26)/t14-,16-. The molecule has 3 N–H and O–H groups in total. The zero-order chi connectivity index (χ0) is 22.1. The van der Waals surface area contributed by atoms with Crippen LogP contribution in [-0.2, 0) is 4.74 Å². The smallest absolute Gasteiger partial charge is 0.414 e. The van der Waals surface area contributed by atoms with E-state index in [1.807, 2.05) is 18.2 Å². The molecule has 2 fully saturated rings. The molecule has 1 aliphatic heterocycles. The molecule has 166 valence electrons. The lowest BCUT2D eigenvalue weighted by Gasteiger charge is -2.26. The number of carbonyl (C=O) groups is 2. The third-order valence-electron chi connectivity index (χ3n) is 5.71. The summed E-state index contributed by atoms with van der Waals surface area (Å²) in [5.74, 6) is 1.14. The van der Waals surface area contributed by atoms with Crippen LogP contribution in [-0.4, -0.2) is 52.8 Å². The second-order valence-corrected chi connectivity index (χ2v) is 9.03. The number of hydrogen-bond donors (Lipinski definition) is 3. The van der Waals surface area contributed by atoms with E-state index in [9.17, 15) is 14.7 Å². The number of cyclic esters (lactones) is 1. The second kappa shape index (κ2) is 8.71. The van der Waals surface area contributed by atoms with Gasteiger partial charge in [-0.3, -0.25) is 9.69 Å². The van der Waals surface area contributed by atoms with Crippen LogP contribution < -0.4 is 15.5 Å². The number of amides is 1. The van der Waals surface area contributed by atoms with Crippen LogP contribution in [0.1, 0.15) is 36.0 Å².